The molecule has 0 aromatic heterocycles. The summed E-state index contributed by atoms with van der Waals surface area (Å²) in [4.78, 5) is 28.6. The summed E-state index contributed by atoms with van der Waals surface area (Å²) < 4.78 is 0. The van der Waals surface area contributed by atoms with E-state index in [-0.39, 0.29) is 36.4 Å². The summed E-state index contributed by atoms with van der Waals surface area (Å²) in [7, 11) is 0. The van der Waals surface area contributed by atoms with E-state index in [0.717, 1.165) is 30.0 Å². The van der Waals surface area contributed by atoms with Gasteiger partial charge in [-0.3, -0.25) is 9.59 Å². The molecule has 1 unspecified atom stereocenters. The maximum absolute atomic E-state index is 13.6. The highest BCUT2D eigenvalue weighted by Crippen LogP contribution is 2.23. The van der Waals surface area contributed by atoms with Crippen LogP contribution in [0, 0.1) is 0 Å². The number of hydrogen-bond donors (Lipinski definition) is 3. The molecule has 7 heteroatoms. The highest BCUT2D eigenvalue weighted by atomic mass is 35.5. The van der Waals surface area contributed by atoms with Crippen molar-refractivity contribution in [3.8, 4) is 0 Å². The number of aliphatic hydroxyl groups is 1. The highest BCUT2D eigenvalue weighted by molar-refractivity contribution is 6.31. The van der Waals surface area contributed by atoms with Crippen molar-refractivity contribution >= 4 is 34.2 Å². The van der Waals surface area contributed by atoms with Crippen molar-refractivity contribution in [3.63, 3.8) is 0 Å². The van der Waals surface area contributed by atoms with E-state index < -0.39 is 0 Å². The molecule has 0 saturated carbocycles. The lowest BCUT2D eigenvalue weighted by Crippen LogP contribution is -2.49. The lowest BCUT2D eigenvalue weighted by atomic mass is 9.95. The molecule has 3 aromatic rings. The van der Waals surface area contributed by atoms with Gasteiger partial charge in [0.1, 0.15) is 0 Å². The van der Waals surface area contributed by atoms with Gasteiger partial charge in [-0.1, -0.05) is 61.0 Å². The third-order valence-corrected chi connectivity index (χ3v) is 7.71. The van der Waals surface area contributed by atoms with Gasteiger partial charge < -0.3 is 20.6 Å². The Morgan fingerprint density at radius 3 is 2.63 bits per heavy atom. The third-order valence-electron chi connectivity index (χ3n) is 7.47. The van der Waals surface area contributed by atoms with E-state index in [9.17, 15) is 14.7 Å². The fraction of sp³-hybridized carbons (Fsp3) is 0.419. The maximum Gasteiger partial charge on any atom is 0.251 e. The second-order valence-corrected chi connectivity index (χ2v) is 10.6. The Balaban J connectivity index is 1.42. The van der Waals surface area contributed by atoms with Gasteiger partial charge in [-0.2, -0.15) is 0 Å². The summed E-state index contributed by atoms with van der Waals surface area (Å²) in [5.74, 6) is 0.250. The summed E-state index contributed by atoms with van der Waals surface area (Å²) in [6, 6.07) is 21.2. The summed E-state index contributed by atoms with van der Waals surface area (Å²) in [6.45, 7) is 4.04. The van der Waals surface area contributed by atoms with Crippen molar-refractivity contribution in [1.82, 2.24) is 15.5 Å². The van der Waals surface area contributed by atoms with Crippen molar-refractivity contribution in [2.24, 2.45) is 0 Å². The largest absolute Gasteiger partial charge is 0.396 e. The smallest absolute Gasteiger partial charge is 0.251 e. The van der Waals surface area contributed by atoms with Crippen LogP contribution in [0.2, 0.25) is 5.02 Å². The number of rotatable bonds is 11. The van der Waals surface area contributed by atoms with Crippen molar-refractivity contribution in [1.29, 1.82) is 0 Å². The van der Waals surface area contributed by atoms with Crippen LogP contribution in [0.4, 0.5) is 0 Å². The average Bonchev–Trinajstić information content (AvgIpc) is 3.08. The first-order valence-corrected chi connectivity index (χ1v) is 14.0. The molecule has 38 heavy (non-hydrogen) atoms. The minimum atomic E-state index is -0.329. The molecule has 1 aliphatic rings. The maximum atomic E-state index is 13.6. The third kappa shape index (κ3) is 7.34. The van der Waals surface area contributed by atoms with Gasteiger partial charge in [0.25, 0.3) is 5.91 Å². The standard InChI is InChI=1S/C31H38ClN3O3/c1-2-22(23-8-4-3-5-9-23)21-35-16-15-28(34-29(31(35)38)10-6-7-17-36)20-33-30(37)26-12-11-25-19-27(32)14-13-24(25)18-26/h3-5,8-9,11-14,18-19,22,28-29,34,36H,2,6-7,10,15-17,20-21H2,1H3,(H,33,37)/t22?,28-,29-/m0/s1. The molecule has 3 N–H and O–H groups in total. The normalized spacial score (nSPS) is 18.8. The first kappa shape index (κ1) is 28.1. The van der Waals surface area contributed by atoms with E-state index >= 15 is 0 Å². The van der Waals surface area contributed by atoms with Gasteiger partial charge in [0.2, 0.25) is 5.91 Å². The number of nitrogens with one attached hydrogen (secondary N) is 2. The molecule has 0 aliphatic carbocycles. The molecule has 1 fully saturated rings. The highest BCUT2D eigenvalue weighted by Gasteiger charge is 2.32. The first-order chi connectivity index (χ1) is 18.5. The predicted molar refractivity (Wildman–Crippen MR) is 154 cm³/mol. The second kappa shape index (κ2) is 13.7. The van der Waals surface area contributed by atoms with Crippen LogP contribution < -0.4 is 10.6 Å². The minimum absolute atomic E-state index is 0.0249. The van der Waals surface area contributed by atoms with Crippen LogP contribution in [-0.2, 0) is 4.79 Å². The summed E-state index contributed by atoms with van der Waals surface area (Å²) >= 11 is 6.08. The van der Waals surface area contributed by atoms with Gasteiger partial charge in [-0.05, 0) is 72.7 Å². The van der Waals surface area contributed by atoms with Crippen LogP contribution in [0.15, 0.2) is 66.7 Å². The van der Waals surface area contributed by atoms with Crippen LogP contribution in [0.1, 0.15) is 60.9 Å². The van der Waals surface area contributed by atoms with Gasteiger partial charge in [0.05, 0.1) is 6.04 Å². The van der Waals surface area contributed by atoms with E-state index in [1.165, 1.54) is 5.56 Å². The molecule has 1 heterocycles. The molecule has 0 bridgehead atoms. The van der Waals surface area contributed by atoms with E-state index in [1.807, 2.05) is 59.5 Å². The SMILES string of the molecule is CCC(CN1CC[C@@H](CNC(=O)c2ccc3cc(Cl)ccc3c2)N[C@@H](CCCCO)C1=O)c1ccccc1. The number of hydrogen-bond acceptors (Lipinski definition) is 4. The Morgan fingerprint density at radius 2 is 1.87 bits per heavy atom. The van der Waals surface area contributed by atoms with Gasteiger partial charge >= 0.3 is 0 Å². The lowest BCUT2D eigenvalue weighted by molar-refractivity contribution is -0.133. The molecule has 1 aliphatic heterocycles. The van der Waals surface area contributed by atoms with E-state index in [2.05, 4.69) is 29.7 Å². The van der Waals surface area contributed by atoms with Crippen molar-refractivity contribution in [2.75, 3.05) is 26.2 Å². The number of carbonyl (C=O) groups is 2. The van der Waals surface area contributed by atoms with E-state index in [1.54, 1.807) is 0 Å². The zero-order valence-electron chi connectivity index (χ0n) is 22.0. The molecule has 4 rings (SSSR count). The monoisotopic (exact) mass is 535 g/mol. The van der Waals surface area contributed by atoms with Crippen molar-refractivity contribution in [2.45, 2.75) is 57.0 Å². The second-order valence-electron chi connectivity index (χ2n) is 10.1. The Morgan fingerprint density at radius 1 is 1.11 bits per heavy atom. The molecule has 0 spiro atoms. The molecular formula is C31H38ClN3O3. The molecule has 0 radical (unpaired) electrons. The minimum Gasteiger partial charge on any atom is -0.396 e. The topological polar surface area (TPSA) is 81.7 Å². The first-order valence-electron chi connectivity index (χ1n) is 13.7. The zero-order valence-corrected chi connectivity index (χ0v) is 22.8. The molecule has 3 atom stereocenters. The Kier molecular flexibility index (Phi) is 10.2. The molecule has 2 amide bonds. The van der Waals surface area contributed by atoms with Gasteiger partial charge in [0, 0.05) is 48.8 Å². The summed E-state index contributed by atoms with van der Waals surface area (Å²) in [6.07, 6.45) is 3.80. The summed E-state index contributed by atoms with van der Waals surface area (Å²) in [5.41, 5.74) is 1.84. The molecular weight excluding hydrogens is 498 g/mol. The fourth-order valence-electron chi connectivity index (χ4n) is 5.23. The van der Waals surface area contributed by atoms with Crippen molar-refractivity contribution in [3.05, 3.63) is 82.9 Å². The molecule has 6 nitrogen and oxygen atoms in total. The summed E-state index contributed by atoms with van der Waals surface area (Å²) in [5, 5.41) is 18.5. The van der Waals surface area contributed by atoms with Crippen LogP contribution in [0.5, 0.6) is 0 Å². The molecule has 1 saturated heterocycles. The predicted octanol–water partition coefficient (Wildman–Crippen LogP) is 5.14. The Bertz CT molecular complexity index is 1220. The number of halogens is 1. The molecule has 202 valence electrons. The van der Waals surface area contributed by atoms with Gasteiger partial charge in [-0.25, -0.2) is 0 Å². The number of amides is 2. The number of unbranched alkanes of at least 4 members (excludes halogenated alkanes) is 1. The van der Waals surface area contributed by atoms with Crippen LogP contribution in [0.25, 0.3) is 10.8 Å². The van der Waals surface area contributed by atoms with Crippen LogP contribution in [-0.4, -0.2) is 60.1 Å². The number of carbonyl (C=O) groups excluding carboxylic acids is 2. The zero-order chi connectivity index (χ0) is 26.9. The van der Waals surface area contributed by atoms with Crippen LogP contribution in [0.3, 0.4) is 0 Å². The number of aliphatic hydroxyl groups excluding tert-OH is 1. The number of nitrogens with zero attached hydrogens (tertiary/aromatic N) is 1. The van der Waals surface area contributed by atoms with Crippen LogP contribution >= 0.6 is 11.6 Å². The van der Waals surface area contributed by atoms with Crippen molar-refractivity contribution < 1.29 is 14.7 Å². The number of benzene rings is 3. The van der Waals surface area contributed by atoms with Gasteiger partial charge in [-0.15, -0.1) is 0 Å². The Labute approximate surface area is 230 Å². The van der Waals surface area contributed by atoms with E-state index in [0.29, 0.717) is 43.1 Å². The fourth-order valence-corrected chi connectivity index (χ4v) is 5.41. The number of fused-ring (bicyclic) bond motifs is 1. The average molecular weight is 536 g/mol. The quantitative estimate of drug-likeness (QED) is 0.297. The van der Waals surface area contributed by atoms with E-state index in [4.69, 9.17) is 11.6 Å². The van der Waals surface area contributed by atoms with Gasteiger partial charge in [0.15, 0.2) is 0 Å². The Hall–Kier alpha value is -2.93. The molecule has 3 aromatic carbocycles. The lowest BCUT2D eigenvalue weighted by Gasteiger charge is -2.28.